The molecule has 2 aromatic rings. The number of benzene rings is 2. The van der Waals surface area contributed by atoms with Crippen LogP contribution in [0.3, 0.4) is 0 Å². The summed E-state index contributed by atoms with van der Waals surface area (Å²) in [6.45, 7) is 10.1. The minimum atomic E-state index is -2.65. The summed E-state index contributed by atoms with van der Waals surface area (Å²) < 4.78 is 11.2. The topological polar surface area (TPSA) is 151 Å². The molecule has 5 rings (SSSR count). The van der Waals surface area contributed by atoms with Gasteiger partial charge in [-0.3, -0.25) is 14.4 Å². The van der Waals surface area contributed by atoms with Crippen LogP contribution in [0.15, 0.2) is 46.9 Å². The molecule has 0 bridgehead atoms. The van der Waals surface area contributed by atoms with Gasteiger partial charge in [-0.05, 0) is 72.6 Å². The SMILES string of the molecule is CCc1cc(-c2ccc(O)c3c2C[C@]2(C)C[C@]4(C)C(C(C)C)C(O)=C(C(C)=O)C(=O)[C@]4(O)C(O)=C2C3=O)cc(OC)c1OC. The van der Waals surface area contributed by atoms with E-state index in [0.29, 0.717) is 29.0 Å². The van der Waals surface area contributed by atoms with E-state index in [1.807, 2.05) is 19.1 Å². The molecule has 4 N–H and O–H groups in total. The quantitative estimate of drug-likeness (QED) is 0.309. The minimum absolute atomic E-state index is 0.0200. The van der Waals surface area contributed by atoms with Crippen LogP contribution in [-0.4, -0.2) is 57.6 Å². The predicted octanol–water partition coefficient (Wildman–Crippen LogP) is 5.59. The number of phenols is 1. The van der Waals surface area contributed by atoms with Gasteiger partial charge in [0.25, 0.3) is 0 Å². The van der Waals surface area contributed by atoms with E-state index in [9.17, 15) is 34.8 Å². The van der Waals surface area contributed by atoms with E-state index < -0.39 is 56.8 Å². The molecule has 44 heavy (non-hydrogen) atoms. The van der Waals surface area contributed by atoms with Gasteiger partial charge in [-0.2, -0.15) is 0 Å². The maximum absolute atomic E-state index is 14.4. The Morgan fingerprint density at radius 2 is 1.73 bits per heavy atom. The molecule has 1 unspecified atom stereocenters. The largest absolute Gasteiger partial charge is 0.511 e. The highest BCUT2D eigenvalue weighted by molar-refractivity contribution is 6.25. The van der Waals surface area contributed by atoms with Crippen molar-refractivity contribution in [2.24, 2.45) is 22.7 Å². The Kier molecular flexibility index (Phi) is 7.28. The number of aliphatic hydroxyl groups excluding tert-OH is 2. The number of phenolic OH excluding ortho intramolecular Hbond substituents is 1. The second-order valence-electron chi connectivity index (χ2n) is 13.2. The summed E-state index contributed by atoms with van der Waals surface area (Å²) in [7, 11) is 3.11. The van der Waals surface area contributed by atoms with Crippen LogP contribution in [0.4, 0.5) is 0 Å². The Morgan fingerprint density at radius 3 is 2.27 bits per heavy atom. The molecule has 9 heteroatoms. The zero-order valence-electron chi connectivity index (χ0n) is 26.4. The molecule has 0 spiro atoms. The number of hydrogen-bond donors (Lipinski definition) is 4. The van der Waals surface area contributed by atoms with Crippen molar-refractivity contribution in [1.82, 2.24) is 0 Å². The van der Waals surface area contributed by atoms with Crippen molar-refractivity contribution < 1.29 is 44.3 Å². The number of hydrogen-bond acceptors (Lipinski definition) is 9. The molecule has 0 heterocycles. The first-order chi connectivity index (χ1) is 20.5. The first kappa shape index (κ1) is 31.3. The molecule has 234 valence electrons. The maximum atomic E-state index is 14.4. The van der Waals surface area contributed by atoms with Crippen molar-refractivity contribution in [3.8, 4) is 28.4 Å². The van der Waals surface area contributed by atoms with Crippen LogP contribution in [0.5, 0.6) is 17.2 Å². The number of aryl methyl sites for hydroxylation is 1. The Bertz CT molecular complexity index is 1670. The van der Waals surface area contributed by atoms with Crippen molar-refractivity contribution in [2.45, 2.75) is 66.4 Å². The molecule has 9 nitrogen and oxygen atoms in total. The summed E-state index contributed by atoms with van der Waals surface area (Å²) in [6, 6.07) is 6.90. The van der Waals surface area contributed by atoms with Crippen molar-refractivity contribution in [2.75, 3.05) is 14.2 Å². The molecular weight excluding hydrogens is 564 g/mol. The summed E-state index contributed by atoms with van der Waals surface area (Å²) in [5.74, 6) is -4.28. The van der Waals surface area contributed by atoms with Gasteiger partial charge in [0.1, 0.15) is 22.8 Å². The van der Waals surface area contributed by atoms with Gasteiger partial charge in [-0.25, -0.2) is 0 Å². The summed E-state index contributed by atoms with van der Waals surface area (Å²) in [5, 5.41) is 46.4. The normalized spacial score (nSPS) is 28.1. The number of Topliss-reactive ketones (excluding diaryl/α,β-unsaturated/α-hetero) is 3. The first-order valence-corrected chi connectivity index (χ1v) is 14.8. The zero-order chi connectivity index (χ0) is 32.7. The number of aromatic hydroxyl groups is 1. The van der Waals surface area contributed by atoms with Gasteiger partial charge in [0.15, 0.2) is 28.7 Å². The summed E-state index contributed by atoms with van der Waals surface area (Å²) in [4.78, 5) is 40.8. The number of rotatable bonds is 6. The molecule has 3 aliphatic carbocycles. The van der Waals surface area contributed by atoms with Gasteiger partial charge in [0.2, 0.25) is 5.78 Å². The van der Waals surface area contributed by atoms with Gasteiger partial charge in [0.05, 0.1) is 19.8 Å². The molecule has 0 aliphatic heterocycles. The van der Waals surface area contributed by atoms with Crippen molar-refractivity contribution in [1.29, 1.82) is 0 Å². The van der Waals surface area contributed by atoms with Gasteiger partial charge in [-0.1, -0.05) is 40.7 Å². The molecule has 0 amide bonds. The molecule has 2 aromatic carbocycles. The summed E-state index contributed by atoms with van der Waals surface area (Å²) >= 11 is 0. The van der Waals surface area contributed by atoms with Crippen LogP contribution in [0.1, 0.15) is 69.4 Å². The summed E-state index contributed by atoms with van der Waals surface area (Å²) in [5.41, 5.74) is -3.21. The fourth-order valence-electron chi connectivity index (χ4n) is 8.46. The predicted molar refractivity (Wildman–Crippen MR) is 163 cm³/mol. The number of aliphatic hydroxyl groups is 3. The standard InChI is InChI=1S/C35H40O9/c1-9-18-12-19(13-23(43-7)30(18)44-8)20-10-11-22(37)25-21(20)14-33(5)15-34(6)26(16(2)3)28(38)24(17(4)36)31(40)35(34,42)32(41)27(33)29(25)39/h10-13,16,26,37-38,41-42H,9,14-15H2,1-8H3/t26?,33-,34-,35+/m1/s1. The molecule has 3 aliphatic rings. The maximum Gasteiger partial charge on any atom is 0.209 e. The van der Waals surface area contributed by atoms with Gasteiger partial charge < -0.3 is 29.9 Å². The van der Waals surface area contributed by atoms with Crippen LogP contribution in [-0.2, 0) is 22.4 Å². The van der Waals surface area contributed by atoms with Crippen LogP contribution < -0.4 is 9.47 Å². The highest BCUT2D eigenvalue weighted by Crippen LogP contribution is 2.65. The average molecular weight is 605 g/mol. The average Bonchev–Trinajstić information content (AvgIpc) is 2.93. The highest BCUT2D eigenvalue weighted by Gasteiger charge is 2.71. The number of carbonyl (C=O) groups excluding carboxylic acids is 3. The molecule has 0 saturated heterocycles. The zero-order valence-corrected chi connectivity index (χ0v) is 26.4. The number of fused-ring (bicyclic) bond motifs is 3. The Labute approximate surface area is 256 Å². The number of carbonyl (C=O) groups is 3. The van der Waals surface area contributed by atoms with Crippen LogP contribution in [0.25, 0.3) is 11.1 Å². The highest BCUT2D eigenvalue weighted by atomic mass is 16.5. The fourth-order valence-corrected chi connectivity index (χ4v) is 8.46. The van der Waals surface area contributed by atoms with Crippen molar-refractivity contribution in [3.63, 3.8) is 0 Å². The Balaban J connectivity index is 1.80. The van der Waals surface area contributed by atoms with Crippen molar-refractivity contribution in [3.05, 3.63) is 63.6 Å². The van der Waals surface area contributed by atoms with Gasteiger partial charge in [-0.15, -0.1) is 0 Å². The third kappa shape index (κ3) is 3.91. The van der Waals surface area contributed by atoms with Crippen LogP contribution in [0.2, 0.25) is 0 Å². The molecule has 4 atom stereocenters. The Hall–Kier alpha value is -4.11. The van der Waals surface area contributed by atoms with Gasteiger partial charge >= 0.3 is 0 Å². The lowest BCUT2D eigenvalue weighted by Gasteiger charge is -2.59. The monoisotopic (exact) mass is 604 g/mol. The number of allylic oxidation sites excluding steroid dienone is 2. The molecule has 0 aromatic heterocycles. The van der Waals surface area contributed by atoms with E-state index in [4.69, 9.17) is 9.47 Å². The third-order valence-electron chi connectivity index (χ3n) is 10.1. The van der Waals surface area contributed by atoms with Gasteiger partial charge in [0, 0.05) is 22.3 Å². The van der Waals surface area contributed by atoms with E-state index in [1.54, 1.807) is 48.0 Å². The molecule has 0 radical (unpaired) electrons. The van der Waals surface area contributed by atoms with E-state index in [-0.39, 0.29) is 35.6 Å². The molecule has 0 fully saturated rings. The Morgan fingerprint density at radius 1 is 1.07 bits per heavy atom. The van der Waals surface area contributed by atoms with Crippen molar-refractivity contribution >= 4 is 17.3 Å². The number of ether oxygens (including phenoxy) is 2. The third-order valence-corrected chi connectivity index (χ3v) is 10.1. The molecular formula is C35H40O9. The van der Waals surface area contributed by atoms with Crippen LogP contribution >= 0.6 is 0 Å². The minimum Gasteiger partial charge on any atom is -0.511 e. The number of ketones is 3. The van der Waals surface area contributed by atoms with Crippen LogP contribution in [0, 0.1) is 22.7 Å². The van der Waals surface area contributed by atoms with E-state index >= 15 is 0 Å². The lowest BCUT2D eigenvalue weighted by molar-refractivity contribution is -0.171. The van der Waals surface area contributed by atoms with E-state index in [0.717, 1.165) is 18.1 Å². The number of methoxy groups -OCH3 is 2. The van der Waals surface area contributed by atoms with E-state index in [1.165, 1.54) is 6.07 Å². The first-order valence-electron chi connectivity index (χ1n) is 14.8. The lowest BCUT2D eigenvalue weighted by atomic mass is 9.44. The second kappa shape index (κ2) is 10.2. The van der Waals surface area contributed by atoms with E-state index in [2.05, 4.69) is 0 Å². The molecule has 0 saturated carbocycles. The fraction of sp³-hybridized carbons (Fsp3) is 0.457. The smallest absolute Gasteiger partial charge is 0.209 e. The summed E-state index contributed by atoms with van der Waals surface area (Å²) in [6.07, 6.45) is 0.833. The second-order valence-corrected chi connectivity index (χ2v) is 13.2. The lowest BCUT2D eigenvalue weighted by Crippen LogP contribution is -2.67.